The topological polar surface area (TPSA) is 6.48 Å². The number of hydrogen-bond acceptors (Lipinski definition) is 2. The van der Waals surface area contributed by atoms with E-state index >= 15 is 0 Å². The Morgan fingerprint density at radius 3 is 1.09 bits per heavy atom. The van der Waals surface area contributed by atoms with Gasteiger partial charge in [0.15, 0.2) is 0 Å². The zero-order valence-corrected chi connectivity index (χ0v) is 42.6. The van der Waals surface area contributed by atoms with Crippen molar-refractivity contribution in [2.75, 3.05) is 9.80 Å². The summed E-state index contributed by atoms with van der Waals surface area (Å²) in [7, 11) is 0. The van der Waals surface area contributed by atoms with Crippen LogP contribution in [0.1, 0.15) is 112 Å². The van der Waals surface area contributed by atoms with Crippen LogP contribution in [0.15, 0.2) is 176 Å². The van der Waals surface area contributed by atoms with Gasteiger partial charge in [-0.15, -0.1) is 0 Å². The number of benzene rings is 8. The fourth-order valence-electron chi connectivity index (χ4n) is 10.00. The standard InChI is InChI=1S/C66H70N2/c1-63(2,3)47-23-31-51(32-24-47)67(52-33-25-48(26-34-52)64(4,5)6)55-39-41-57-59(43-55)61(45-19-15-13-16-20-45)58-42-40-56(44-60(58)62(57)46-21-17-14-18-22-46)68(53-35-27-49(28-36-53)65(7,8)9)54-37-29-50(30-38-54)66(10,11)12/h13-39,41-44,56H,40H2,1-12H3. The van der Waals surface area contributed by atoms with Gasteiger partial charge in [0.05, 0.1) is 6.04 Å². The van der Waals surface area contributed by atoms with E-state index in [9.17, 15) is 0 Å². The maximum atomic E-state index is 2.58. The third-order valence-electron chi connectivity index (χ3n) is 14.0. The van der Waals surface area contributed by atoms with Gasteiger partial charge in [0, 0.05) is 28.4 Å². The van der Waals surface area contributed by atoms with Gasteiger partial charge < -0.3 is 9.80 Å². The lowest BCUT2D eigenvalue weighted by atomic mass is 9.84. The second-order valence-electron chi connectivity index (χ2n) is 23.1. The molecule has 1 atom stereocenters. The molecular formula is C66H70N2. The molecule has 8 aromatic carbocycles. The minimum absolute atomic E-state index is 0.0511. The zero-order valence-electron chi connectivity index (χ0n) is 42.6. The van der Waals surface area contributed by atoms with Crippen LogP contribution in [0.25, 0.3) is 45.2 Å². The Labute approximate surface area is 407 Å². The number of hydrogen-bond donors (Lipinski definition) is 0. The molecule has 0 radical (unpaired) electrons. The molecular weight excluding hydrogens is 821 g/mol. The molecule has 2 nitrogen and oxygen atoms in total. The quantitative estimate of drug-likeness (QED) is 0.150. The first-order valence-electron chi connectivity index (χ1n) is 24.7. The van der Waals surface area contributed by atoms with Gasteiger partial charge in [-0.05, 0) is 154 Å². The number of fused-ring (bicyclic) bond motifs is 2. The van der Waals surface area contributed by atoms with E-state index in [-0.39, 0.29) is 27.7 Å². The number of nitrogens with zero attached hydrogens (tertiary/aromatic N) is 2. The lowest BCUT2D eigenvalue weighted by Gasteiger charge is -2.34. The molecule has 68 heavy (non-hydrogen) atoms. The third-order valence-corrected chi connectivity index (χ3v) is 14.0. The molecule has 0 amide bonds. The van der Waals surface area contributed by atoms with Crippen LogP contribution in [-0.4, -0.2) is 6.04 Å². The predicted octanol–water partition coefficient (Wildman–Crippen LogP) is 17.0. The largest absolute Gasteiger partial charge is 0.334 e. The molecule has 1 unspecified atom stereocenters. The Bertz CT molecular complexity index is 3050. The highest BCUT2D eigenvalue weighted by molar-refractivity contribution is 6.08. The average Bonchev–Trinajstić information content (AvgIpc) is 3.31. The van der Waals surface area contributed by atoms with Crippen LogP contribution in [0.5, 0.6) is 0 Å². The van der Waals surface area contributed by atoms with E-state index in [1.807, 2.05) is 0 Å². The molecule has 2 heteroatoms. The Hall–Kier alpha value is -6.64. The molecule has 344 valence electrons. The van der Waals surface area contributed by atoms with Crippen LogP contribution in [0.3, 0.4) is 0 Å². The van der Waals surface area contributed by atoms with Gasteiger partial charge in [-0.2, -0.15) is 0 Å². The summed E-state index contributed by atoms with van der Waals surface area (Å²) < 4.78 is 0. The van der Waals surface area contributed by atoms with Crippen molar-refractivity contribution in [3.8, 4) is 22.3 Å². The van der Waals surface area contributed by atoms with Gasteiger partial charge in [0.2, 0.25) is 0 Å². The summed E-state index contributed by atoms with van der Waals surface area (Å²) >= 11 is 0. The maximum absolute atomic E-state index is 2.58. The molecule has 1 aliphatic rings. The van der Waals surface area contributed by atoms with Crippen LogP contribution in [0, 0.1) is 0 Å². The highest BCUT2D eigenvalue weighted by atomic mass is 15.2. The molecule has 9 rings (SSSR count). The van der Waals surface area contributed by atoms with Crippen molar-refractivity contribution >= 4 is 51.4 Å². The third kappa shape index (κ3) is 9.31. The van der Waals surface area contributed by atoms with Gasteiger partial charge in [-0.1, -0.05) is 210 Å². The van der Waals surface area contributed by atoms with E-state index in [0.717, 1.165) is 23.5 Å². The van der Waals surface area contributed by atoms with Crippen LogP contribution < -0.4 is 20.2 Å². The zero-order chi connectivity index (χ0) is 48.2. The van der Waals surface area contributed by atoms with E-state index in [4.69, 9.17) is 0 Å². The van der Waals surface area contributed by atoms with Crippen LogP contribution in [0.4, 0.5) is 28.4 Å². The second kappa shape index (κ2) is 17.8. The van der Waals surface area contributed by atoms with Crippen molar-refractivity contribution in [1.29, 1.82) is 0 Å². The van der Waals surface area contributed by atoms with Crippen molar-refractivity contribution in [1.82, 2.24) is 0 Å². The van der Waals surface area contributed by atoms with E-state index in [2.05, 4.69) is 281 Å². The Morgan fingerprint density at radius 1 is 0.353 bits per heavy atom. The Kier molecular flexibility index (Phi) is 12.2. The van der Waals surface area contributed by atoms with E-state index in [1.54, 1.807) is 0 Å². The molecule has 0 N–H and O–H groups in total. The molecule has 0 aliphatic heterocycles. The second-order valence-corrected chi connectivity index (χ2v) is 23.1. The van der Waals surface area contributed by atoms with Crippen molar-refractivity contribution in [2.24, 2.45) is 0 Å². The molecule has 0 fully saturated rings. The van der Waals surface area contributed by atoms with Crippen molar-refractivity contribution in [3.63, 3.8) is 0 Å². The number of rotatable bonds is 8. The van der Waals surface area contributed by atoms with Gasteiger partial charge >= 0.3 is 0 Å². The molecule has 0 saturated heterocycles. The minimum atomic E-state index is 0.0511. The van der Waals surface area contributed by atoms with Gasteiger partial charge in [-0.3, -0.25) is 0 Å². The summed E-state index contributed by atoms with van der Waals surface area (Å²) in [5, 5.41) is 5.05. The van der Waals surface area contributed by atoms with Crippen molar-refractivity contribution in [2.45, 2.75) is 117 Å². The van der Waals surface area contributed by atoms with Crippen molar-refractivity contribution in [3.05, 3.63) is 209 Å². The molecule has 0 saturated carbocycles. The first-order chi connectivity index (χ1) is 32.3. The number of anilines is 5. The molecule has 0 heterocycles. The highest BCUT2D eigenvalue weighted by Gasteiger charge is 2.27. The van der Waals surface area contributed by atoms with E-state index in [1.165, 1.54) is 77.1 Å². The summed E-state index contributed by atoms with van der Waals surface area (Å²) in [6, 6.07) is 66.4. The lowest BCUT2D eigenvalue weighted by molar-refractivity contribution is 0.589. The first-order valence-corrected chi connectivity index (χ1v) is 24.7. The van der Waals surface area contributed by atoms with Crippen molar-refractivity contribution < 1.29 is 0 Å². The fourth-order valence-corrected chi connectivity index (χ4v) is 10.00. The molecule has 0 aromatic heterocycles. The summed E-state index contributed by atoms with van der Waals surface area (Å²) in [6.45, 7) is 27.5. The van der Waals surface area contributed by atoms with E-state index < -0.39 is 0 Å². The lowest BCUT2D eigenvalue weighted by Crippen LogP contribution is -2.40. The minimum Gasteiger partial charge on any atom is -0.334 e. The molecule has 8 aromatic rings. The Morgan fingerprint density at radius 2 is 0.706 bits per heavy atom. The predicted molar refractivity (Wildman–Crippen MR) is 296 cm³/mol. The summed E-state index contributed by atoms with van der Waals surface area (Å²) in [6.07, 6.45) is 5.96. The van der Waals surface area contributed by atoms with Crippen LogP contribution in [0.2, 0.25) is 0 Å². The smallest absolute Gasteiger partial charge is 0.0566 e. The molecule has 0 spiro atoms. The van der Waals surface area contributed by atoms with Gasteiger partial charge in [-0.25, -0.2) is 0 Å². The SMILES string of the molecule is CC(C)(C)c1ccc(N(c2ccc(C(C)(C)C)cc2)c2ccc3c(-c4ccccc4)c4c(c(-c5ccccc5)c3c2)=CCC(N(c2ccc(C(C)(C)C)cc2)c2ccc(C(C)(C)C)cc2)C=4)cc1. The average molecular weight is 891 g/mol. The monoisotopic (exact) mass is 891 g/mol. The normalized spacial score (nSPS) is 14.2. The molecule has 1 aliphatic carbocycles. The van der Waals surface area contributed by atoms with Gasteiger partial charge in [0.1, 0.15) is 0 Å². The van der Waals surface area contributed by atoms with Gasteiger partial charge in [0.25, 0.3) is 0 Å². The fraction of sp³-hybridized carbons (Fsp3) is 0.273. The Balaban J connectivity index is 1.31. The van der Waals surface area contributed by atoms with Crippen LogP contribution in [-0.2, 0) is 21.7 Å². The van der Waals surface area contributed by atoms with E-state index in [0.29, 0.717) is 0 Å². The summed E-state index contributed by atoms with van der Waals surface area (Å²) in [5.74, 6) is 0. The highest BCUT2D eigenvalue weighted by Crippen LogP contribution is 2.42. The molecule has 0 bridgehead atoms. The summed E-state index contributed by atoms with van der Waals surface area (Å²) in [4.78, 5) is 5.00. The first kappa shape index (κ1) is 46.5. The van der Waals surface area contributed by atoms with Crippen LogP contribution >= 0.6 is 0 Å². The maximum Gasteiger partial charge on any atom is 0.0566 e. The summed E-state index contributed by atoms with van der Waals surface area (Å²) in [5.41, 5.74) is 16.3.